The van der Waals surface area contributed by atoms with Gasteiger partial charge in [-0.05, 0) is 17.2 Å². The van der Waals surface area contributed by atoms with Gasteiger partial charge < -0.3 is 10.8 Å². The Hall–Kier alpha value is -1.68. The molecule has 0 spiro atoms. The van der Waals surface area contributed by atoms with E-state index in [1.165, 1.54) is 0 Å². The van der Waals surface area contributed by atoms with Crippen LogP contribution in [0.5, 0.6) is 0 Å². The maximum Gasteiger partial charge on any atom is 0.254 e. The van der Waals surface area contributed by atoms with Crippen LogP contribution in [0.1, 0.15) is 12.0 Å². The highest BCUT2D eigenvalue weighted by Gasteiger charge is 2.36. The Morgan fingerprint density at radius 3 is 2.44 bits per heavy atom. The van der Waals surface area contributed by atoms with E-state index in [-0.39, 0.29) is 6.42 Å². The summed E-state index contributed by atoms with van der Waals surface area (Å²) >= 11 is 0. The van der Waals surface area contributed by atoms with Crippen LogP contribution in [0.25, 0.3) is 5.57 Å². The molecule has 0 aliphatic heterocycles. The summed E-state index contributed by atoms with van der Waals surface area (Å²) in [7, 11) is 0. The smallest absolute Gasteiger partial charge is 0.254 e. The molecule has 1 aliphatic carbocycles. The number of benzene rings is 1. The van der Waals surface area contributed by atoms with Crippen LogP contribution in [0, 0.1) is 0 Å². The zero-order chi connectivity index (χ0) is 11.8. The molecule has 1 atom stereocenters. The molecule has 1 aromatic carbocycles. The van der Waals surface area contributed by atoms with Crippen LogP contribution in [-0.4, -0.2) is 11.0 Å². The van der Waals surface area contributed by atoms with Crippen molar-refractivity contribution in [3.8, 4) is 0 Å². The highest BCUT2D eigenvalue weighted by molar-refractivity contribution is 5.70. The molecule has 0 saturated heterocycles. The first-order chi connectivity index (χ1) is 7.50. The molecule has 1 unspecified atom stereocenters. The SMILES string of the molecule is NC1=C(F)C=C(c2ccccc2)CC1(O)F. The van der Waals surface area contributed by atoms with Crippen molar-refractivity contribution in [2.75, 3.05) is 0 Å². The summed E-state index contributed by atoms with van der Waals surface area (Å²) in [6.45, 7) is 0. The minimum atomic E-state index is -2.80. The number of nitrogens with two attached hydrogens (primary N) is 1. The minimum Gasteiger partial charge on any atom is -0.395 e. The molecule has 0 heterocycles. The number of hydrogen-bond acceptors (Lipinski definition) is 2. The van der Waals surface area contributed by atoms with E-state index in [0.717, 1.165) is 6.08 Å². The second kappa shape index (κ2) is 3.72. The fraction of sp³-hybridized carbons (Fsp3) is 0.167. The lowest BCUT2D eigenvalue weighted by atomic mass is 9.92. The van der Waals surface area contributed by atoms with Crippen molar-refractivity contribution in [3.05, 3.63) is 53.5 Å². The fourth-order valence-corrected chi connectivity index (χ4v) is 1.65. The number of hydrogen-bond donors (Lipinski definition) is 2. The topological polar surface area (TPSA) is 46.2 Å². The van der Waals surface area contributed by atoms with E-state index in [9.17, 15) is 13.9 Å². The van der Waals surface area contributed by atoms with Crippen molar-refractivity contribution < 1.29 is 13.9 Å². The third-order valence-electron chi connectivity index (χ3n) is 2.54. The van der Waals surface area contributed by atoms with Crippen molar-refractivity contribution in [3.63, 3.8) is 0 Å². The molecule has 84 valence electrons. The molecule has 1 aromatic rings. The molecule has 2 nitrogen and oxygen atoms in total. The Kier molecular flexibility index (Phi) is 2.52. The normalized spacial score (nSPS) is 25.6. The van der Waals surface area contributed by atoms with Gasteiger partial charge in [-0.3, -0.25) is 0 Å². The van der Waals surface area contributed by atoms with Gasteiger partial charge in [0.15, 0.2) is 0 Å². The minimum absolute atomic E-state index is 0.337. The summed E-state index contributed by atoms with van der Waals surface area (Å²) in [5.41, 5.74) is 5.43. The van der Waals surface area contributed by atoms with Crippen molar-refractivity contribution in [2.45, 2.75) is 12.3 Å². The number of allylic oxidation sites excluding steroid dienone is 2. The molecular formula is C12H11F2NO. The molecule has 3 N–H and O–H groups in total. The maximum absolute atomic E-state index is 13.5. The van der Waals surface area contributed by atoms with Crippen molar-refractivity contribution in [2.24, 2.45) is 5.73 Å². The van der Waals surface area contributed by atoms with Crippen LogP contribution in [-0.2, 0) is 0 Å². The van der Waals surface area contributed by atoms with E-state index >= 15 is 0 Å². The average molecular weight is 223 g/mol. The summed E-state index contributed by atoms with van der Waals surface area (Å²) in [6, 6.07) is 8.75. The fourth-order valence-electron chi connectivity index (χ4n) is 1.65. The molecule has 16 heavy (non-hydrogen) atoms. The van der Waals surface area contributed by atoms with Gasteiger partial charge >= 0.3 is 0 Å². The number of aliphatic hydroxyl groups is 1. The van der Waals surface area contributed by atoms with E-state index in [4.69, 9.17) is 5.73 Å². The first kappa shape index (κ1) is 10.8. The average Bonchev–Trinajstić information content (AvgIpc) is 2.26. The number of rotatable bonds is 1. The summed E-state index contributed by atoms with van der Waals surface area (Å²) in [5, 5.41) is 9.31. The quantitative estimate of drug-likeness (QED) is 0.767. The second-order valence-corrected chi connectivity index (χ2v) is 3.73. The van der Waals surface area contributed by atoms with Gasteiger partial charge in [0.1, 0.15) is 11.5 Å². The van der Waals surface area contributed by atoms with Crippen LogP contribution in [0.2, 0.25) is 0 Å². The molecule has 0 amide bonds. The molecule has 0 aromatic heterocycles. The highest BCUT2D eigenvalue weighted by Crippen LogP contribution is 2.36. The van der Waals surface area contributed by atoms with Gasteiger partial charge in [-0.15, -0.1) is 0 Å². The van der Waals surface area contributed by atoms with Crippen LogP contribution < -0.4 is 5.73 Å². The molecule has 2 rings (SSSR count). The summed E-state index contributed by atoms with van der Waals surface area (Å²) in [5.74, 6) is -3.72. The van der Waals surface area contributed by atoms with Crippen molar-refractivity contribution in [1.29, 1.82) is 0 Å². The zero-order valence-corrected chi connectivity index (χ0v) is 8.45. The molecule has 0 radical (unpaired) electrons. The van der Waals surface area contributed by atoms with Crippen molar-refractivity contribution in [1.82, 2.24) is 0 Å². The Bertz CT molecular complexity index is 463. The Balaban J connectivity index is 2.44. The largest absolute Gasteiger partial charge is 0.395 e. The first-order valence-corrected chi connectivity index (χ1v) is 4.84. The lowest BCUT2D eigenvalue weighted by Crippen LogP contribution is -2.33. The molecule has 4 heteroatoms. The van der Waals surface area contributed by atoms with Crippen LogP contribution in [0.3, 0.4) is 0 Å². The Labute approximate surface area is 91.7 Å². The number of alkyl halides is 1. The van der Waals surface area contributed by atoms with Gasteiger partial charge in [-0.25, -0.2) is 8.78 Å². The lowest BCUT2D eigenvalue weighted by molar-refractivity contribution is -0.0513. The first-order valence-electron chi connectivity index (χ1n) is 4.84. The van der Waals surface area contributed by atoms with E-state index in [2.05, 4.69) is 0 Å². The van der Waals surface area contributed by atoms with Crippen molar-refractivity contribution >= 4 is 5.57 Å². The third-order valence-corrected chi connectivity index (χ3v) is 2.54. The molecule has 0 bridgehead atoms. The maximum atomic E-state index is 13.5. The summed E-state index contributed by atoms with van der Waals surface area (Å²) < 4.78 is 26.8. The van der Waals surface area contributed by atoms with Crippen LogP contribution in [0.15, 0.2) is 47.9 Å². The van der Waals surface area contributed by atoms with Crippen LogP contribution >= 0.6 is 0 Å². The number of halogens is 2. The highest BCUT2D eigenvalue weighted by atomic mass is 19.2. The van der Waals surface area contributed by atoms with E-state index in [1.807, 2.05) is 0 Å². The van der Waals surface area contributed by atoms with Gasteiger partial charge in [0.25, 0.3) is 5.85 Å². The molecular weight excluding hydrogens is 212 g/mol. The van der Waals surface area contributed by atoms with Gasteiger partial charge in [-0.1, -0.05) is 30.3 Å². The Morgan fingerprint density at radius 1 is 1.25 bits per heavy atom. The summed E-state index contributed by atoms with van der Waals surface area (Å²) in [4.78, 5) is 0. The second-order valence-electron chi connectivity index (χ2n) is 3.73. The predicted octanol–water partition coefficient (Wildman–Crippen LogP) is 2.27. The zero-order valence-electron chi connectivity index (χ0n) is 8.45. The molecule has 0 saturated carbocycles. The standard InChI is InChI=1S/C12H11F2NO/c13-10-6-9(7-12(14,16)11(10)15)8-4-2-1-3-5-8/h1-6,16H,7,15H2. The van der Waals surface area contributed by atoms with E-state index < -0.39 is 17.4 Å². The van der Waals surface area contributed by atoms with Gasteiger partial charge in [0.2, 0.25) is 0 Å². The molecule has 1 aliphatic rings. The third kappa shape index (κ3) is 1.84. The van der Waals surface area contributed by atoms with Gasteiger partial charge in [0, 0.05) is 6.42 Å². The van der Waals surface area contributed by atoms with Gasteiger partial charge in [-0.2, -0.15) is 0 Å². The molecule has 0 fully saturated rings. The predicted molar refractivity (Wildman–Crippen MR) is 57.4 cm³/mol. The summed E-state index contributed by atoms with van der Waals surface area (Å²) in [6.07, 6.45) is 0.814. The Morgan fingerprint density at radius 2 is 1.88 bits per heavy atom. The monoisotopic (exact) mass is 223 g/mol. The van der Waals surface area contributed by atoms with E-state index in [0.29, 0.717) is 11.1 Å². The lowest BCUT2D eigenvalue weighted by Gasteiger charge is -2.25. The van der Waals surface area contributed by atoms with E-state index in [1.54, 1.807) is 30.3 Å². The van der Waals surface area contributed by atoms with Gasteiger partial charge in [0.05, 0.1) is 0 Å². The van der Waals surface area contributed by atoms with Crippen LogP contribution in [0.4, 0.5) is 8.78 Å².